The highest BCUT2D eigenvalue weighted by molar-refractivity contribution is 6.30. The summed E-state index contributed by atoms with van der Waals surface area (Å²) in [5.74, 6) is -0.985. The van der Waals surface area contributed by atoms with Crippen LogP contribution in [0.1, 0.15) is 10.4 Å². The van der Waals surface area contributed by atoms with E-state index in [-0.39, 0.29) is 23.2 Å². The maximum atomic E-state index is 12.2. The lowest BCUT2D eigenvalue weighted by atomic mass is 10.2. The van der Waals surface area contributed by atoms with Gasteiger partial charge in [-0.05, 0) is 24.3 Å². The summed E-state index contributed by atoms with van der Waals surface area (Å²) in [5.41, 5.74) is 0.773. The minimum absolute atomic E-state index is 0.196. The summed E-state index contributed by atoms with van der Waals surface area (Å²) in [4.78, 5) is 29.5. The van der Waals surface area contributed by atoms with Crippen LogP contribution < -0.4 is 4.90 Å². The third-order valence-corrected chi connectivity index (χ3v) is 3.01. The molecule has 0 N–H and O–H groups in total. The average molecular weight is 305 g/mol. The van der Waals surface area contributed by atoms with E-state index in [9.17, 15) is 9.59 Å². The van der Waals surface area contributed by atoms with Gasteiger partial charge in [-0.3, -0.25) is 9.69 Å². The van der Waals surface area contributed by atoms with Crippen LogP contribution in [-0.4, -0.2) is 29.9 Å². The van der Waals surface area contributed by atoms with Gasteiger partial charge in [-0.15, -0.1) is 11.6 Å². The molecule has 0 fully saturated rings. The fourth-order valence-corrected chi connectivity index (χ4v) is 1.99. The average Bonchev–Trinajstić information content (AvgIpc) is 2.55. The fraction of sp³-hybridized carbons (Fsp3) is 0.133. The van der Waals surface area contributed by atoms with E-state index in [1.54, 1.807) is 36.4 Å². The molecule has 0 atom stereocenters. The number of anilines is 2. The number of rotatable bonds is 4. The van der Waals surface area contributed by atoms with E-state index < -0.39 is 5.97 Å². The number of hydrogen-bond donors (Lipinski definition) is 0. The first-order valence-corrected chi connectivity index (χ1v) is 6.69. The summed E-state index contributed by atoms with van der Waals surface area (Å²) in [6.45, 7) is 0. The lowest BCUT2D eigenvalue weighted by molar-refractivity contribution is -0.115. The number of halogens is 1. The number of methoxy groups -OCH3 is 1. The molecule has 21 heavy (non-hydrogen) atoms. The predicted octanol–water partition coefficient (Wildman–Crippen LogP) is 2.77. The van der Waals surface area contributed by atoms with Crippen LogP contribution in [0.3, 0.4) is 0 Å². The van der Waals surface area contributed by atoms with Crippen molar-refractivity contribution in [1.29, 1.82) is 0 Å². The van der Waals surface area contributed by atoms with Crippen LogP contribution in [-0.2, 0) is 9.53 Å². The smallest absolute Gasteiger partial charge is 0.341 e. The van der Waals surface area contributed by atoms with Gasteiger partial charge in [0.1, 0.15) is 11.4 Å². The van der Waals surface area contributed by atoms with E-state index in [0.717, 1.165) is 0 Å². The van der Waals surface area contributed by atoms with Crippen LogP contribution in [0.15, 0.2) is 48.7 Å². The number of amides is 1. The van der Waals surface area contributed by atoms with Gasteiger partial charge in [0.25, 0.3) is 0 Å². The summed E-state index contributed by atoms with van der Waals surface area (Å²) >= 11 is 5.68. The van der Waals surface area contributed by atoms with Crippen molar-refractivity contribution < 1.29 is 14.3 Å². The number of esters is 1. The SMILES string of the molecule is COC(=O)c1cccnc1N(C(=O)CCl)c1ccccc1. The van der Waals surface area contributed by atoms with E-state index in [1.807, 2.05) is 6.07 Å². The zero-order chi connectivity index (χ0) is 15.2. The Labute approximate surface area is 127 Å². The molecule has 0 unspecified atom stereocenters. The number of benzene rings is 1. The zero-order valence-corrected chi connectivity index (χ0v) is 12.1. The maximum Gasteiger partial charge on any atom is 0.341 e. The predicted molar refractivity (Wildman–Crippen MR) is 79.9 cm³/mol. The first-order valence-electron chi connectivity index (χ1n) is 6.16. The lowest BCUT2D eigenvalue weighted by Crippen LogP contribution is -2.29. The van der Waals surface area contributed by atoms with Crippen molar-refractivity contribution in [3.63, 3.8) is 0 Å². The number of carbonyl (C=O) groups is 2. The number of pyridine rings is 1. The van der Waals surface area contributed by atoms with Crippen molar-refractivity contribution in [2.75, 3.05) is 17.9 Å². The summed E-state index contributed by atoms with van der Waals surface area (Å²) in [6.07, 6.45) is 1.50. The first kappa shape index (κ1) is 15.0. The normalized spacial score (nSPS) is 10.0. The third-order valence-electron chi connectivity index (χ3n) is 2.78. The molecule has 0 bridgehead atoms. The number of ether oxygens (including phenoxy) is 1. The molecule has 0 saturated carbocycles. The van der Waals surface area contributed by atoms with Crippen LogP contribution in [0.25, 0.3) is 0 Å². The van der Waals surface area contributed by atoms with E-state index in [4.69, 9.17) is 16.3 Å². The Morgan fingerprint density at radius 1 is 1.19 bits per heavy atom. The fourth-order valence-electron chi connectivity index (χ4n) is 1.87. The van der Waals surface area contributed by atoms with Gasteiger partial charge in [-0.1, -0.05) is 18.2 Å². The molecule has 1 aromatic heterocycles. The standard InChI is InChI=1S/C15H13ClN2O3/c1-21-15(20)12-8-5-9-17-14(12)18(13(19)10-16)11-6-3-2-4-7-11/h2-9H,10H2,1H3. The van der Waals surface area contributed by atoms with Crippen molar-refractivity contribution in [2.45, 2.75) is 0 Å². The number of carbonyl (C=O) groups excluding carboxylic acids is 2. The lowest BCUT2D eigenvalue weighted by Gasteiger charge is -2.22. The Morgan fingerprint density at radius 3 is 2.52 bits per heavy atom. The van der Waals surface area contributed by atoms with E-state index >= 15 is 0 Å². The largest absolute Gasteiger partial charge is 0.465 e. The molecule has 1 amide bonds. The Morgan fingerprint density at radius 2 is 1.90 bits per heavy atom. The number of nitrogens with zero attached hydrogens (tertiary/aromatic N) is 2. The molecule has 0 aliphatic carbocycles. The molecule has 5 nitrogen and oxygen atoms in total. The second-order valence-corrected chi connectivity index (χ2v) is 4.33. The van der Waals surface area contributed by atoms with E-state index in [1.165, 1.54) is 18.2 Å². The van der Waals surface area contributed by atoms with Gasteiger partial charge in [0, 0.05) is 6.20 Å². The Hall–Kier alpha value is -2.40. The van der Waals surface area contributed by atoms with Crippen molar-refractivity contribution in [3.05, 3.63) is 54.2 Å². The van der Waals surface area contributed by atoms with Crippen LogP contribution >= 0.6 is 11.6 Å². The van der Waals surface area contributed by atoms with Gasteiger partial charge in [0.15, 0.2) is 5.82 Å². The highest BCUT2D eigenvalue weighted by atomic mass is 35.5. The third kappa shape index (κ3) is 3.20. The van der Waals surface area contributed by atoms with Crippen molar-refractivity contribution in [2.24, 2.45) is 0 Å². The summed E-state index contributed by atoms with van der Waals surface area (Å²) in [7, 11) is 1.27. The summed E-state index contributed by atoms with van der Waals surface area (Å²) in [5, 5.41) is 0. The van der Waals surface area contributed by atoms with E-state index in [2.05, 4.69) is 4.98 Å². The number of hydrogen-bond acceptors (Lipinski definition) is 4. The molecule has 108 valence electrons. The molecular formula is C15H13ClN2O3. The van der Waals surface area contributed by atoms with Crippen LogP contribution in [0.2, 0.25) is 0 Å². The van der Waals surface area contributed by atoms with Gasteiger partial charge in [0.05, 0.1) is 12.8 Å². The van der Waals surface area contributed by atoms with Crippen molar-refractivity contribution in [3.8, 4) is 0 Å². The monoisotopic (exact) mass is 304 g/mol. The number of aromatic nitrogens is 1. The molecule has 2 aromatic rings. The molecule has 0 aliphatic heterocycles. The second kappa shape index (κ2) is 6.85. The summed E-state index contributed by atoms with van der Waals surface area (Å²) in [6, 6.07) is 12.0. The Bertz CT molecular complexity index is 646. The second-order valence-electron chi connectivity index (χ2n) is 4.06. The molecular weight excluding hydrogens is 292 g/mol. The van der Waals surface area contributed by atoms with Crippen LogP contribution in [0.5, 0.6) is 0 Å². The minimum Gasteiger partial charge on any atom is -0.465 e. The first-order chi connectivity index (χ1) is 10.2. The number of alkyl halides is 1. The van der Waals surface area contributed by atoms with E-state index in [0.29, 0.717) is 5.69 Å². The minimum atomic E-state index is -0.568. The maximum absolute atomic E-state index is 12.2. The number of para-hydroxylation sites is 1. The molecule has 1 heterocycles. The van der Waals surface area contributed by atoms with Crippen LogP contribution in [0.4, 0.5) is 11.5 Å². The van der Waals surface area contributed by atoms with Gasteiger partial charge < -0.3 is 4.74 Å². The summed E-state index contributed by atoms with van der Waals surface area (Å²) < 4.78 is 4.73. The van der Waals surface area contributed by atoms with Gasteiger partial charge in [-0.2, -0.15) is 0 Å². The van der Waals surface area contributed by atoms with Gasteiger partial charge in [-0.25, -0.2) is 9.78 Å². The molecule has 0 radical (unpaired) electrons. The molecule has 0 aliphatic rings. The van der Waals surface area contributed by atoms with Gasteiger partial charge in [0.2, 0.25) is 5.91 Å². The van der Waals surface area contributed by atoms with Crippen molar-refractivity contribution in [1.82, 2.24) is 4.98 Å². The highest BCUT2D eigenvalue weighted by Crippen LogP contribution is 2.27. The molecule has 6 heteroatoms. The Balaban J connectivity index is 2.58. The van der Waals surface area contributed by atoms with Gasteiger partial charge >= 0.3 is 5.97 Å². The highest BCUT2D eigenvalue weighted by Gasteiger charge is 2.24. The van der Waals surface area contributed by atoms with Crippen molar-refractivity contribution >= 4 is 35.0 Å². The molecule has 1 aromatic carbocycles. The topological polar surface area (TPSA) is 59.5 Å². The molecule has 0 saturated heterocycles. The Kier molecular flexibility index (Phi) is 4.90. The van der Waals surface area contributed by atoms with Crippen LogP contribution in [0, 0.1) is 0 Å². The molecule has 0 spiro atoms. The zero-order valence-electron chi connectivity index (χ0n) is 11.3. The molecule has 2 rings (SSSR count). The quantitative estimate of drug-likeness (QED) is 0.644.